The van der Waals surface area contributed by atoms with Gasteiger partial charge in [-0.2, -0.15) is 0 Å². The van der Waals surface area contributed by atoms with Crippen LogP contribution >= 0.6 is 11.3 Å². The second-order valence-corrected chi connectivity index (χ2v) is 9.36. The first-order valence-corrected chi connectivity index (χ1v) is 11.7. The van der Waals surface area contributed by atoms with Crippen LogP contribution in [0.15, 0.2) is 64.6 Å². The first kappa shape index (κ1) is 24.3. The molecule has 174 valence electrons. The lowest BCUT2D eigenvalue weighted by molar-refractivity contribution is -0.128. The molecule has 3 rings (SSSR count). The van der Waals surface area contributed by atoms with Gasteiger partial charge in [0.05, 0.1) is 17.7 Å². The number of carbonyl (C=O) groups is 3. The molecule has 0 saturated heterocycles. The fourth-order valence-corrected chi connectivity index (χ4v) is 3.90. The molecule has 2 aromatic heterocycles. The Bertz CT molecular complexity index is 1090. The van der Waals surface area contributed by atoms with Crippen molar-refractivity contribution >= 4 is 34.7 Å². The second-order valence-electron chi connectivity index (χ2n) is 8.41. The van der Waals surface area contributed by atoms with Crippen molar-refractivity contribution in [2.75, 3.05) is 11.4 Å². The van der Waals surface area contributed by atoms with Crippen LogP contribution < -0.4 is 15.5 Å². The van der Waals surface area contributed by atoms with E-state index in [1.54, 1.807) is 35.7 Å². The summed E-state index contributed by atoms with van der Waals surface area (Å²) in [4.78, 5) is 41.3. The van der Waals surface area contributed by atoms with Gasteiger partial charge in [0.2, 0.25) is 5.91 Å². The predicted octanol–water partition coefficient (Wildman–Crippen LogP) is 4.46. The maximum absolute atomic E-state index is 13.5. The Kier molecular flexibility index (Phi) is 7.71. The number of thiophene rings is 1. The fourth-order valence-electron chi connectivity index (χ4n) is 3.26. The highest BCUT2D eigenvalue weighted by Gasteiger charge is 2.36. The van der Waals surface area contributed by atoms with Gasteiger partial charge >= 0.3 is 0 Å². The molecule has 7 nitrogen and oxygen atoms in total. The lowest BCUT2D eigenvalue weighted by atomic mass is 10.0. The van der Waals surface area contributed by atoms with Crippen molar-refractivity contribution in [1.82, 2.24) is 10.6 Å². The van der Waals surface area contributed by atoms with Crippen molar-refractivity contribution in [3.8, 4) is 0 Å². The lowest BCUT2D eigenvalue weighted by Gasteiger charge is -2.33. The summed E-state index contributed by atoms with van der Waals surface area (Å²) in [6.07, 6.45) is 2.18. The van der Waals surface area contributed by atoms with Gasteiger partial charge in [0, 0.05) is 11.2 Å². The van der Waals surface area contributed by atoms with Crippen molar-refractivity contribution in [2.24, 2.45) is 0 Å². The van der Waals surface area contributed by atoms with Crippen LogP contribution in [-0.4, -0.2) is 29.8 Å². The first-order chi connectivity index (χ1) is 15.7. The molecule has 1 atom stereocenters. The molecule has 33 heavy (non-hydrogen) atoms. The van der Waals surface area contributed by atoms with Gasteiger partial charge in [0.25, 0.3) is 11.8 Å². The Morgan fingerprint density at radius 3 is 2.52 bits per heavy atom. The lowest BCUT2D eigenvalue weighted by Crippen LogP contribution is -2.52. The quantitative estimate of drug-likeness (QED) is 0.486. The fraction of sp³-hybridized carbons (Fsp3) is 0.320. The molecule has 2 heterocycles. The Morgan fingerprint density at radius 2 is 1.91 bits per heavy atom. The van der Waals surface area contributed by atoms with E-state index in [1.165, 1.54) is 22.5 Å². The topological polar surface area (TPSA) is 91.7 Å². The molecule has 0 radical (unpaired) electrons. The summed E-state index contributed by atoms with van der Waals surface area (Å²) in [5, 5.41) is 7.48. The minimum Gasteiger partial charge on any atom is -0.467 e. The van der Waals surface area contributed by atoms with E-state index in [1.807, 2.05) is 45.9 Å². The van der Waals surface area contributed by atoms with Crippen molar-refractivity contribution in [3.63, 3.8) is 0 Å². The highest BCUT2D eigenvalue weighted by Crippen LogP contribution is 2.30. The summed E-state index contributed by atoms with van der Waals surface area (Å²) < 4.78 is 5.59. The molecule has 1 aromatic carbocycles. The Morgan fingerprint density at radius 1 is 1.12 bits per heavy atom. The summed E-state index contributed by atoms with van der Waals surface area (Å²) in [6, 6.07) is 13.1. The number of anilines is 1. The van der Waals surface area contributed by atoms with Gasteiger partial charge in [-0.3, -0.25) is 19.3 Å². The molecule has 0 aliphatic rings. The van der Waals surface area contributed by atoms with Crippen LogP contribution in [0, 0.1) is 6.92 Å². The zero-order valence-electron chi connectivity index (χ0n) is 19.3. The molecule has 8 heteroatoms. The monoisotopic (exact) mass is 467 g/mol. The zero-order chi connectivity index (χ0) is 24.0. The van der Waals surface area contributed by atoms with Crippen LogP contribution in [0.4, 0.5) is 5.69 Å². The number of hydrogen-bond donors (Lipinski definition) is 2. The van der Waals surface area contributed by atoms with E-state index in [0.29, 0.717) is 22.7 Å². The number of nitrogens with one attached hydrogen (secondary N) is 2. The van der Waals surface area contributed by atoms with E-state index in [9.17, 15) is 14.4 Å². The molecule has 0 saturated carbocycles. The number of aryl methyl sites for hydroxylation is 1. The van der Waals surface area contributed by atoms with Gasteiger partial charge in [-0.05, 0) is 68.5 Å². The predicted molar refractivity (Wildman–Crippen MR) is 129 cm³/mol. The molecule has 3 aromatic rings. The molecule has 0 fully saturated rings. The van der Waals surface area contributed by atoms with Crippen molar-refractivity contribution < 1.29 is 18.8 Å². The number of furan rings is 1. The normalized spacial score (nSPS) is 12.1. The number of nitrogens with zero attached hydrogens (tertiary/aromatic N) is 1. The van der Waals surface area contributed by atoms with Crippen molar-refractivity contribution in [2.45, 2.75) is 45.7 Å². The van der Waals surface area contributed by atoms with E-state index in [4.69, 9.17) is 4.42 Å². The maximum Gasteiger partial charge on any atom is 0.261 e. The third-order valence-corrected chi connectivity index (χ3v) is 6.23. The molecule has 3 amide bonds. The number of amides is 3. The Balaban J connectivity index is 1.97. The highest BCUT2D eigenvalue weighted by atomic mass is 32.1. The minimum absolute atomic E-state index is 0.271. The summed E-state index contributed by atoms with van der Waals surface area (Å²) in [5.74, 6) is -0.805. The van der Waals surface area contributed by atoms with Crippen molar-refractivity contribution in [3.05, 3.63) is 76.4 Å². The SMILES string of the molecule is CCC(C)(C)NC(=O)[C@@H](c1ccco1)N(C(=O)CNC(=O)c1cccs1)c1cccc(C)c1. The third kappa shape index (κ3) is 6.10. The molecule has 2 N–H and O–H groups in total. The van der Waals surface area contributed by atoms with E-state index in [2.05, 4.69) is 10.6 Å². The molecular formula is C25H29N3O4S. The van der Waals surface area contributed by atoms with E-state index in [-0.39, 0.29) is 18.4 Å². The standard InChI is InChI=1S/C25H29N3O4S/c1-5-25(3,4)27-24(31)22(19-11-7-13-32-19)28(18-10-6-9-17(2)15-18)21(29)16-26-23(30)20-12-8-14-33-20/h6-15,22H,5,16H2,1-4H3,(H,26,30)(H,27,31)/t22-/m1/s1. The first-order valence-electron chi connectivity index (χ1n) is 10.8. The summed E-state index contributed by atoms with van der Waals surface area (Å²) >= 11 is 1.29. The largest absolute Gasteiger partial charge is 0.467 e. The minimum atomic E-state index is -1.04. The summed E-state index contributed by atoms with van der Waals surface area (Å²) in [6.45, 7) is 7.46. The number of carbonyl (C=O) groups excluding carboxylic acids is 3. The maximum atomic E-state index is 13.5. The Labute approximate surface area is 197 Å². The molecule has 0 aliphatic carbocycles. The van der Waals surface area contributed by atoms with Crippen LogP contribution in [0.25, 0.3) is 0 Å². The number of hydrogen-bond acceptors (Lipinski definition) is 5. The molecule has 0 unspecified atom stereocenters. The number of benzene rings is 1. The smallest absolute Gasteiger partial charge is 0.261 e. The average Bonchev–Trinajstić information content (AvgIpc) is 3.49. The second kappa shape index (κ2) is 10.5. The van der Waals surface area contributed by atoms with E-state index < -0.39 is 17.5 Å². The van der Waals surface area contributed by atoms with Crippen LogP contribution in [0.2, 0.25) is 0 Å². The van der Waals surface area contributed by atoms with Crippen molar-refractivity contribution in [1.29, 1.82) is 0 Å². The Hall–Kier alpha value is -3.39. The summed E-state index contributed by atoms with van der Waals surface area (Å²) in [7, 11) is 0. The van der Waals surface area contributed by atoms with E-state index >= 15 is 0 Å². The third-order valence-electron chi connectivity index (χ3n) is 5.36. The van der Waals surface area contributed by atoms with Gasteiger partial charge in [-0.15, -0.1) is 11.3 Å². The molecule has 0 bridgehead atoms. The van der Waals surface area contributed by atoms with Gasteiger partial charge < -0.3 is 15.1 Å². The van der Waals surface area contributed by atoms with Gasteiger partial charge in [0.1, 0.15) is 5.76 Å². The van der Waals surface area contributed by atoms with Crippen LogP contribution in [0.3, 0.4) is 0 Å². The van der Waals surface area contributed by atoms with Gasteiger partial charge in [0.15, 0.2) is 6.04 Å². The van der Waals surface area contributed by atoms with Gasteiger partial charge in [-0.25, -0.2) is 0 Å². The zero-order valence-corrected chi connectivity index (χ0v) is 20.1. The van der Waals surface area contributed by atoms with E-state index in [0.717, 1.165) is 5.56 Å². The van der Waals surface area contributed by atoms with Gasteiger partial charge in [-0.1, -0.05) is 25.1 Å². The van der Waals surface area contributed by atoms with Crippen LogP contribution in [-0.2, 0) is 9.59 Å². The molecule has 0 spiro atoms. The van der Waals surface area contributed by atoms with Crippen LogP contribution in [0.5, 0.6) is 0 Å². The molecular weight excluding hydrogens is 438 g/mol. The average molecular weight is 468 g/mol. The summed E-state index contributed by atoms with van der Waals surface area (Å²) in [5.41, 5.74) is 0.994. The van der Waals surface area contributed by atoms with Crippen LogP contribution in [0.1, 0.15) is 54.2 Å². The number of rotatable bonds is 9. The highest BCUT2D eigenvalue weighted by molar-refractivity contribution is 7.12. The molecule has 0 aliphatic heterocycles.